The molecular weight excluding hydrogens is 274 g/mol. The Hall–Kier alpha value is -1.79. The molecule has 0 bridgehead atoms. The largest absolute Gasteiger partial charge is 0.383 e. The molecule has 5 nitrogen and oxygen atoms in total. The molecule has 1 atom stereocenters. The van der Waals surface area contributed by atoms with Gasteiger partial charge < -0.3 is 15.5 Å². The number of H-pyrrole nitrogens is 1. The molecule has 1 aromatic heterocycles. The Morgan fingerprint density at radius 3 is 3.20 bits per heavy atom. The Kier molecular flexibility index (Phi) is 3.75. The first-order valence-electron chi connectivity index (χ1n) is 6.31. The standard InChI is InChI=1S/C14H14N3O2S/c15-13-11(8-16-14(18)17-13)10-3-1-2-9(6-10)7-12-19-4-5-20-12/h2-3,6,8,12H,4-5,7H2,(H3,15,16,17,18)/t12-/m1/s1. The van der Waals surface area contributed by atoms with Crippen molar-refractivity contribution in [3.05, 3.63) is 46.5 Å². The second-order valence-corrected chi connectivity index (χ2v) is 5.78. The van der Waals surface area contributed by atoms with Crippen LogP contribution in [0.1, 0.15) is 5.56 Å². The van der Waals surface area contributed by atoms with Crippen LogP contribution >= 0.6 is 11.8 Å². The van der Waals surface area contributed by atoms with Gasteiger partial charge in [-0.3, -0.25) is 0 Å². The normalized spacial score (nSPS) is 18.3. The number of ether oxygens (including phenoxy) is 1. The van der Waals surface area contributed by atoms with Gasteiger partial charge in [0.2, 0.25) is 0 Å². The summed E-state index contributed by atoms with van der Waals surface area (Å²) in [6, 6.07) is 8.91. The van der Waals surface area contributed by atoms with Crippen LogP contribution in [0.15, 0.2) is 29.2 Å². The van der Waals surface area contributed by atoms with Crippen molar-refractivity contribution in [3.63, 3.8) is 0 Å². The maximum Gasteiger partial charge on any atom is 0.346 e. The smallest absolute Gasteiger partial charge is 0.346 e. The van der Waals surface area contributed by atoms with E-state index in [1.165, 1.54) is 0 Å². The van der Waals surface area contributed by atoms with Crippen molar-refractivity contribution in [1.82, 2.24) is 9.97 Å². The minimum Gasteiger partial charge on any atom is -0.383 e. The summed E-state index contributed by atoms with van der Waals surface area (Å²) < 4.78 is 5.61. The van der Waals surface area contributed by atoms with Crippen molar-refractivity contribution >= 4 is 17.6 Å². The lowest BCUT2D eigenvalue weighted by atomic mass is 10.0. The zero-order chi connectivity index (χ0) is 13.9. The van der Waals surface area contributed by atoms with Gasteiger partial charge in [0.15, 0.2) is 0 Å². The molecule has 20 heavy (non-hydrogen) atoms. The fourth-order valence-corrected chi connectivity index (χ4v) is 3.11. The lowest BCUT2D eigenvalue weighted by Gasteiger charge is -2.10. The second kappa shape index (κ2) is 5.68. The van der Waals surface area contributed by atoms with Crippen molar-refractivity contribution in [3.8, 4) is 11.1 Å². The van der Waals surface area contributed by atoms with Crippen LogP contribution in [-0.2, 0) is 11.2 Å². The van der Waals surface area contributed by atoms with Gasteiger partial charge in [0, 0.05) is 23.9 Å². The Morgan fingerprint density at radius 1 is 1.55 bits per heavy atom. The van der Waals surface area contributed by atoms with E-state index in [0.717, 1.165) is 29.9 Å². The Balaban J connectivity index is 1.88. The van der Waals surface area contributed by atoms with Crippen LogP contribution in [0.3, 0.4) is 0 Å². The van der Waals surface area contributed by atoms with Crippen LogP contribution in [0, 0.1) is 6.07 Å². The third-order valence-corrected chi connectivity index (χ3v) is 4.17. The van der Waals surface area contributed by atoms with Crippen molar-refractivity contribution in [2.45, 2.75) is 11.9 Å². The number of nitrogens with one attached hydrogen (secondary N) is 1. The molecule has 0 saturated carbocycles. The molecular formula is C14H14N3O2S. The number of benzene rings is 1. The number of nitrogens with two attached hydrogens (primary N) is 1. The predicted molar refractivity (Wildman–Crippen MR) is 79.4 cm³/mol. The molecule has 2 heterocycles. The number of thioether (sulfide) groups is 1. The van der Waals surface area contributed by atoms with Gasteiger partial charge in [-0.1, -0.05) is 12.1 Å². The molecule has 2 aromatic rings. The van der Waals surface area contributed by atoms with E-state index in [2.05, 4.69) is 16.0 Å². The molecule has 1 fully saturated rings. The molecule has 0 amide bonds. The highest BCUT2D eigenvalue weighted by Crippen LogP contribution is 2.27. The average Bonchev–Trinajstić information content (AvgIpc) is 2.92. The highest BCUT2D eigenvalue weighted by Gasteiger charge is 2.16. The molecule has 1 aliphatic rings. The van der Waals surface area contributed by atoms with Crippen LogP contribution in [0.4, 0.5) is 5.82 Å². The lowest BCUT2D eigenvalue weighted by Crippen LogP contribution is -2.12. The maximum atomic E-state index is 11.1. The minimum atomic E-state index is -0.442. The minimum absolute atomic E-state index is 0.213. The first-order valence-corrected chi connectivity index (χ1v) is 7.36. The van der Waals surface area contributed by atoms with Crippen LogP contribution < -0.4 is 11.4 Å². The first kappa shape index (κ1) is 13.2. The van der Waals surface area contributed by atoms with E-state index < -0.39 is 5.69 Å². The van der Waals surface area contributed by atoms with E-state index >= 15 is 0 Å². The third kappa shape index (κ3) is 2.86. The summed E-state index contributed by atoms with van der Waals surface area (Å²) in [4.78, 5) is 17.3. The molecule has 0 unspecified atom stereocenters. The van der Waals surface area contributed by atoms with Gasteiger partial charge in [-0.2, -0.15) is 4.98 Å². The lowest BCUT2D eigenvalue weighted by molar-refractivity contribution is 0.143. The summed E-state index contributed by atoms with van der Waals surface area (Å²) in [5.41, 5.74) is 8.30. The zero-order valence-electron chi connectivity index (χ0n) is 10.8. The molecule has 6 heteroatoms. The number of rotatable bonds is 3. The highest BCUT2D eigenvalue weighted by molar-refractivity contribution is 7.99. The van der Waals surface area contributed by atoms with E-state index in [1.54, 1.807) is 6.20 Å². The summed E-state index contributed by atoms with van der Waals surface area (Å²) in [7, 11) is 0. The number of hydrogen-bond acceptors (Lipinski definition) is 5. The SMILES string of the molecule is Nc1nc(=O)[nH]cc1-c1c[c]cc(C[C@@H]2OCCS2)c1. The highest BCUT2D eigenvalue weighted by atomic mass is 32.2. The fraction of sp³-hybridized carbons (Fsp3) is 0.286. The van der Waals surface area contributed by atoms with Gasteiger partial charge in [-0.05, 0) is 23.3 Å². The molecule has 1 saturated heterocycles. The van der Waals surface area contributed by atoms with Crippen LogP contribution in [0.2, 0.25) is 0 Å². The van der Waals surface area contributed by atoms with E-state index in [0.29, 0.717) is 5.56 Å². The van der Waals surface area contributed by atoms with E-state index in [9.17, 15) is 4.79 Å². The summed E-state index contributed by atoms with van der Waals surface area (Å²) in [5, 5.41) is 0. The molecule has 1 radical (unpaired) electrons. The predicted octanol–water partition coefficient (Wildman–Crippen LogP) is 1.45. The molecule has 0 aliphatic carbocycles. The summed E-state index contributed by atoms with van der Waals surface area (Å²) in [6.07, 6.45) is 2.42. The number of anilines is 1. The first-order chi connectivity index (χ1) is 9.72. The number of aromatic amines is 1. The summed E-state index contributed by atoms with van der Waals surface area (Å²) in [6.45, 7) is 0.815. The monoisotopic (exact) mass is 288 g/mol. The molecule has 3 rings (SSSR count). The quantitative estimate of drug-likeness (QED) is 0.893. The van der Waals surface area contributed by atoms with Crippen LogP contribution in [0.25, 0.3) is 11.1 Å². The Morgan fingerprint density at radius 2 is 2.45 bits per heavy atom. The van der Waals surface area contributed by atoms with Crippen LogP contribution in [-0.4, -0.2) is 27.8 Å². The third-order valence-electron chi connectivity index (χ3n) is 3.09. The number of nitrogen functional groups attached to an aromatic ring is 1. The van der Waals surface area contributed by atoms with Gasteiger partial charge in [-0.15, -0.1) is 11.8 Å². The fourth-order valence-electron chi connectivity index (χ4n) is 2.15. The van der Waals surface area contributed by atoms with E-state index in [4.69, 9.17) is 10.5 Å². The van der Waals surface area contributed by atoms with Gasteiger partial charge in [0.05, 0.1) is 6.61 Å². The Labute approximate surface area is 120 Å². The van der Waals surface area contributed by atoms with E-state index in [-0.39, 0.29) is 11.3 Å². The molecule has 1 aromatic carbocycles. The average molecular weight is 288 g/mol. The van der Waals surface area contributed by atoms with Crippen molar-refractivity contribution in [1.29, 1.82) is 0 Å². The van der Waals surface area contributed by atoms with Crippen molar-refractivity contribution in [2.75, 3.05) is 18.1 Å². The topological polar surface area (TPSA) is 81.0 Å². The molecule has 1 aliphatic heterocycles. The van der Waals surface area contributed by atoms with Crippen molar-refractivity contribution < 1.29 is 4.74 Å². The molecule has 103 valence electrons. The number of nitrogens with zero attached hydrogens (tertiary/aromatic N) is 1. The number of hydrogen-bond donors (Lipinski definition) is 2. The van der Waals surface area contributed by atoms with Gasteiger partial charge in [0.25, 0.3) is 0 Å². The zero-order valence-corrected chi connectivity index (χ0v) is 11.6. The van der Waals surface area contributed by atoms with Crippen LogP contribution in [0.5, 0.6) is 0 Å². The maximum absolute atomic E-state index is 11.1. The van der Waals surface area contributed by atoms with Gasteiger partial charge >= 0.3 is 5.69 Å². The van der Waals surface area contributed by atoms with E-state index in [1.807, 2.05) is 30.0 Å². The second-order valence-electron chi connectivity index (χ2n) is 4.51. The van der Waals surface area contributed by atoms with Gasteiger partial charge in [-0.25, -0.2) is 4.79 Å². The summed E-state index contributed by atoms with van der Waals surface area (Å²) in [5.74, 6) is 1.27. The number of aromatic nitrogens is 2. The molecule has 3 N–H and O–H groups in total. The van der Waals surface area contributed by atoms with Crippen molar-refractivity contribution in [2.24, 2.45) is 0 Å². The Bertz CT molecular complexity index is 665. The van der Waals surface area contributed by atoms with Gasteiger partial charge in [0.1, 0.15) is 11.3 Å². The molecule has 0 spiro atoms. The summed E-state index contributed by atoms with van der Waals surface area (Å²) >= 11 is 1.82.